The molecule has 19 heavy (non-hydrogen) atoms. The second-order valence-electron chi connectivity index (χ2n) is 5.04. The molecule has 104 valence electrons. The molecule has 0 bridgehead atoms. The molecule has 2 rings (SSSR count). The molecule has 0 spiro atoms. The van der Waals surface area contributed by atoms with Gasteiger partial charge >= 0.3 is 0 Å². The van der Waals surface area contributed by atoms with Crippen LogP contribution in [0, 0.1) is 0 Å². The van der Waals surface area contributed by atoms with E-state index >= 15 is 0 Å². The third-order valence-electron chi connectivity index (χ3n) is 2.98. The zero-order valence-electron chi connectivity index (χ0n) is 11.5. The van der Waals surface area contributed by atoms with E-state index in [0.717, 1.165) is 25.2 Å². The van der Waals surface area contributed by atoms with Crippen molar-refractivity contribution in [3.05, 3.63) is 29.8 Å². The molecule has 1 N–H and O–H groups in total. The van der Waals surface area contributed by atoms with E-state index in [0.29, 0.717) is 12.1 Å². The highest BCUT2D eigenvalue weighted by atomic mass is 16.5. The molecule has 1 saturated heterocycles. The van der Waals surface area contributed by atoms with Crippen LogP contribution in [-0.2, 0) is 4.74 Å². The van der Waals surface area contributed by atoms with E-state index in [1.165, 1.54) is 0 Å². The maximum Gasteiger partial charge on any atom is 0.251 e. The first-order valence-electron chi connectivity index (χ1n) is 6.81. The Morgan fingerprint density at radius 1 is 1.53 bits per heavy atom. The monoisotopic (exact) mass is 263 g/mol. The normalized spacial score (nSPS) is 18.6. The van der Waals surface area contributed by atoms with E-state index < -0.39 is 0 Å². The minimum absolute atomic E-state index is 0.0790. The predicted octanol–water partition coefficient (Wildman–Crippen LogP) is 2.38. The van der Waals surface area contributed by atoms with Gasteiger partial charge in [0.05, 0.1) is 12.2 Å². The van der Waals surface area contributed by atoms with E-state index in [1.54, 1.807) is 12.1 Å². The zero-order chi connectivity index (χ0) is 13.7. The van der Waals surface area contributed by atoms with Gasteiger partial charge in [-0.05, 0) is 44.9 Å². The molecule has 1 fully saturated rings. The molecular weight excluding hydrogens is 242 g/mol. The van der Waals surface area contributed by atoms with Crippen molar-refractivity contribution >= 4 is 5.91 Å². The molecule has 0 radical (unpaired) electrons. The summed E-state index contributed by atoms with van der Waals surface area (Å²) in [5, 5.41) is 2.90. The maximum absolute atomic E-state index is 12.0. The lowest BCUT2D eigenvalue weighted by molar-refractivity contribution is 0.0857. The Balaban J connectivity index is 1.90. The van der Waals surface area contributed by atoms with Crippen LogP contribution in [0.5, 0.6) is 5.75 Å². The highest BCUT2D eigenvalue weighted by Crippen LogP contribution is 2.15. The average molecular weight is 263 g/mol. The zero-order valence-corrected chi connectivity index (χ0v) is 11.5. The molecule has 1 aromatic carbocycles. The largest absolute Gasteiger partial charge is 0.491 e. The van der Waals surface area contributed by atoms with E-state index in [2.05, 4.69) is 5.32 Å². The minimum atomic E-state index is -0.0790. The van der Waals surface area contributed by atoms with Crippen LogP contribution < -0.4 is 10.1 Å². The van der Waals surface area contributed by atoms with Gasteiger partial charge in [-0.1, -0.05) is 6.07 Å². The van der Waals surface area contributed by atoms with Crippen molar-refractivity contribution in [3.63, 3.8) is 0 Å². The van der Waals surface area contributed by atoms with Gasteiger partial charge in [-0.2, -0.15) is 0 Å². The van der Waals surface area contributed by atoms with E-state index in [1.807, 2.05) is 26.0 Å². The molecule has 1 aliphatic rings. The van der Waals surface area contributed by atoms with Crippen LogP contribution in [0.25, 0.3) is 0 Å². The number of nitrogens with one attached hydrogen (secondary N) is 1. The van der Waals surface area contributed by atoms with Gasteiger partial charge in [0, 0.05) is 18.7 Å². The van der Waals surface area contributed by atoms with Crippen LogP contribution in [-0.4, -0.2) is 31.3 Å². The lowest BCUT2D eigenvalue weighted by Crippen LogP contribution is -2.31. The number of benzene rings is 1. The fourth-order valence-electron chi connectivity index (χ4n) is 2.10. The van der Waals surface area contributed by atoms with Crippen LogP contribution >= 0.6 is 0 Å². The van der Waals surface area contributed by atoms with Crippen molar-refractivity contribution in [2.24, 2.45) is 0 Å². The average Bonchev–Trinajstić information content (AvgIpc) is 2.88. The van der Waals surface area contributed by atoms with Crippen LogP contribution in [0.4, 0.5) is 0 Å². The SMILES string of the molecule is CC(C)Oc1cccc(C(=O)NC[C@H]2CCCO2)c1. The topological polar surface area (TPSA) is 47.6 Å². The molecular formula is C15H21NO3. The molecule has 1 amide bonds. The van der Waals surface area contributed by atoms with Gasteiger partial charge in [-0.3, -0.25) is 4.79 Å². The molecule has 1 atom stereocenters. The fraction of sp³-hybridized carbons (Fsp3) is 0.533. The van der Waals surface area contributed by atoms with E-state index in [4.69, 9.17) is 9.47 Å². The van der Waals surface area contributed by atoms with E-state index in [9.17, 15) is 4.79 Å². The summed E-state index contributed by atoms with van der Waals surface area (Å²) in [6.45, 7) is 5.31. The van der Waals surface area contributed by atoms with Crippen LogP contribution in [0.1, 0.15) is 37.0 Å². The fourth-order valence-corrected chi connectivity index (χ4v) is 2.10. The highest BCUT2D eigenvalue weighted by molar-refractivity contribution is 5.94. The molecule has 0 aromatic heterocycles. The first-order valence-corrected chi connectivity index (χ1v) is 6.81. The standard InChI is InChI=1S/C15H21NO3/c1-11(2)19-13-6-3-5-12(9-13)15(17)16-10-14-7-4-8-18-14/h3,5-6,9,11,14H,4,7-8,10H2,1-2H3,(H,16,17)/t14-/m1/s1. The summed E-state index contributed by atoms with van der Waals surface area (Å²) < 4.78 is 11.1. The lowest BCUT2D eigenvalue weighted by atomic mass is 10.2. The summed E-state index contributed by atoms with van der Waals surface area (Å²) in [5.74, 6) is 0.643. The Hall–Kier alpha value is -1.55. The van der Waals surface area contributed by atoms with Gasteiger partial charge in [0.25, 0.3) is 5.91 Å². The summed E-state index contributed by atoms with van der Waals surface area (Å²) in [4.78, 5) is 12.0. The number of rotatable bonds is 5. The molecule has 4 nitrogen and oxygen atoms in total. The predicted molar refractivity (Wildman–Crippen MR) is 73.5 cm³/mol. The highest BCUT2D eigenvalue weighted by Gasteiger charge is 2.16. The molecule has 0 saturated carbocycles. The van der Waals surface area contributed by atoms with Crippen LogP contribution in [0.3, 0.4) is 0 Å². The third-order valence-corrected chi connectivity index (χ3v) is 2.98. The molecule has 1 heterocycles. The Labute approximate surface area is 114 Å². The molecule has 4 heteroatoms. The van der Waals surface area contributed by atoms with Crippen LogP contribution in [0.15, 0.2) is 24.3 Å². The Kier molecular flexibility index (Phi) is 4.80. The smallest absolute Gasteiger partial charge is 0.251 e. The molecule has 1 aromatic rings. The minimum Gasteiger partial charge on any atom is -0.491 e. The summed E-state index contributed by atoms with van der Waals surface area (Å²) in [6.07, 6.45) is 2.37. The Morgan fingerprint density at radius 3 is 3.05 bits per heavy atom. The van der Waals surface area contributed by atoms with Crippen molar-refractivity contribution in [2.75, 3.05) is 13.2 Å². The molecule has 0 unspecified atom stereocenters. The number of hydrogen-bond donors (Lipinski definition) is 1. The number of hydrogen-bond acceptors (Lipinski definition) is 3. The summed E-state index contributed by atoms with van der Waals surface area (Å²) >= 11 is 0. The van der Waals surface area contributed by atoms with Gasteiger partial charge in [-0.25, -0.2) is 0 Å². The van der Waals surface area contributed by atoms with Crippen molar-refractivity contribution in [2.45, 2.75) is 38.9 Å². The number of carbonyl (C=O) groups excluding carboxylic acids is 1. The molecule has 1 aliphatic heterocycles. The Bertz CT molecular complexity index is 425. The van der Waals surface area contributed by atoms with Gasteiger partial charge in [-0.15, -0.1) is 0 Å². The van der Waals surface area contributed by atoms with E-state index in [-0.39, 0.29) is 18.1 Å². The van der Waals surface area contributed by atoms with Gasteiger partial charge in [0.15, 0.2) is 0 Å². The van der Waals surface area contributed by atoms with Crippen molar-refractivity contribution < 1.29 is 14.3 Å². The van der Waals surface area contributed by atoms with Gasteiger partial charge in [0.1, 0.15) is 5.75 Å². The second kappa shape index (κ2) is 6.57. The number of ether oxygens (including phenoxy) is 2. The van der Waals surface area contributed by atoms with Crippen molar-refractivity contribution in [3.8, 4) is 5.75 Å². The lowest BCUT2D eigenvalue weighted by Gasteiger charge is -2.12. The number of carbonyl (C=O) groups is 1. The van der Waals surface area contributed by atoms with Crippen LogP contribution in [0.2, 0.25) is 0 Å². The van der Waals surface area contributed by atoms with Gasteiger partial charge < -0.3 is 14.8 Å². The summed E-state index contributed by atoms with van der Waals surface area (Å²) in [7, 11) is 0. The molecule has 0 aliphatic carbocycles. The van der Waals surface area contributed by atoms with Crippen molar-refractivity contribution in [1.82, 2.24) is 5.32 Å². The quantitative estimate of drug-likeness (QED) is 0.887. The summed E-state index contributed by atoms with van der Waals surface area (Å²) in [6, 6.07) is 7.25. The first kappa shape index (κ1) is 13.9. The third kappa shape index (κ3) is 4.24. The Morgan fingerprint density at radius 2 is 2.37 bits per heavy atom. The van der Waals surface area contributed by atoms with Crippen molar-refractivity contribution in [1.29, 1.82) is 0 Å². The first-order chi connectivity index (χ1) is 9.15. The number of amides is 1. The summed E-state index contributed by atoms with van der Waals surface area (Å²) in [5.41, 5.74) is 0.621. The second-order valence-corrected chi connectivity index (χ2v) is 5.04. The maximum atomic E-state index is 12.0. The van der Waals surface area contributed by atoms with Gasteiger partial charge in [0.2, 0.25) is 0 Å².